The van der Waals surface area contributed by atoms with E-state index in [4.69, 9.17) is 21.4 Å². The van der Waals surface area contributed by atoms with Gasteiger partial charge in [-0.1, -0.05) is 35.9 Å². The molecule has 0 spiro atoms. The molecule has 0 atom stereocenters. The molecule has 2 rings (SSSR count). The molecule has 2 aromatic carbocycles. The standard InChI is InChI=1S/C19H20ClNO4/c1-19(2,18(23)24)25-14-9-7-13(8-10-14)11-12-21-17(22)15-5-3-4-6-16(15)20/h3-10H,11-12H2,1-2H3,(H,21,22)(H,23,24). The number of nitrogens with one attached hydrogen (secondary N) is 1. The Hall–Kier alpha value is -2.53. The van der Waals surface area contributed by atoms with E-state index in [0.717, 1.165) is 5.56 Å². The van der Waals surface area contributed by atoms with Crippen molar-refractivity contribution >= 4 is 23.5 Å². The molecule has 0 unspecified atom stereocenters. The first-order valence-electron chi connectivity index (χ1n) is 7.83. The molecule has 0 aliphatic rings. The number of ether oxygens (including phenoxy) is 1. The molecule has 2 N–H and O–H groups in total. The number of carbonyl (C=O) groups is 2. The van der Waals surface area contributed by atoms with E-state index in [1.807, 2.05) is 12.1 Å². The minimum atomic E-state index is -1.29. The molecule has 0 saturated heterocycles. The third-order valence-corrected chi connectivity index (χ3v) is 3.96. The average Bonchev–Trinajstić information content (AvgIpc) is 2.56. The number of aliphatic carboxylic acids is 1. The summed E-state index contributed by atoms with van der Waals surface area (Å²) in [7, 11) is 0. The van der Waals surface area contributed by atoms with E-state index < -0.39 is 11.6 Å². The first kappa shape index (κ1) is 18.8. The summed E-state index contributed by atoms with van der Waals surface area (Å²) in [6.07, 6.45) is 0.638. The Balaban J connectivity index is 1.87. The molecule has 2 aromatic rings. The summed E-state index contributed by atoms with van der Waals surface area (Å²) in [4.78, 5) is 23.1. The maximum Gasteiger partial charge on any atom is 0.347 e. The molecular formula is C19H20ClNO4. The summed E-state index contributed by atoms with van der Waals surface area (Å²) >= 11 is 5.99. The fraction of sp³-hybridized carbons (Fsp3) is 0.263. The lowest BCUT2D eigenvalue weighted by molar-refractivity contribution is -0.152. The van der Waals surface area contributed by atoms with Crippen LogP contribution in [0.5, 0.6) is 5.75 Å². The fourth-order valence-electron chi connectivity index (χ4n) is 2.12. The number of halogens is 1. The highest BCUT2D eigenvalue weighted by atomic mass is 35.5. The molecule has 0 aliphatic heterocycles. The van der Waals surface area contributed by atoms with E-state index in [1.54, 1.807) is 36.4 Å². The molecule has 0 aliphatic carbocycles. The second kappa shape index (κ2) is 8.03. The van der Waals surface area contributed by atoms with Crippen molar-refractivity contribution in [3.63, 3.8) is 0 Å². The van der Waals surface area contributed by atoms with E-state index in [-0.39, 0.29) is 5.91 Å². The van der Waals surface area contributed by atoms with E-state index in [2.05, 4.69) is 5.32 Å². The van der Waals surface area contributed by atoms with E-state index in [1.165, 1.54) is 13.8 Å². The number of amides is 1. The topological polar surface area (TPSA) is 75.6 Å². The Labute approximate surface area is 151 Å². The molecule has 0 radical (unpaired) electrons. The predicted octanol–water partition coefficient (Wildman–Crippen LogP) is 3.55. The molecule has 1 amide bonds. The number of hydrogen-bond donors (Lipinski definition) is 2. The van der Waals surface area contributed by atoms with Crippen molar-refractivity contribution in [1.82, 2.24) is 5.32 Å². The van der Waals surface area contributed by atoms with Crippen LogP contribution in [0.15, 0.2) is 48.5 Å². The van der Waals surface area contributed by atoms with Crippen molar-refractivity contribution in [3.05, 3.63) is 64.7 Å². The largest absolute Gasteiger partial charge is 0.478 e. The lowest BCUT2D eigenvalue weighted by Crippen LogP contribution is -2.37. The SMILES string of the molecule is CC(C)(Oc1ccc(CCNC(=O)c2ccccc2Cl)cc1)C(=O)O. The molecule has 0 fully saturated rings. The van der Waals surface area contributed by atoms with Crippen molar-refractivity contribution in [2.45, 2.75) is 25.9 Å². The van der Waals surface area contributed by atoms with Crippen LogP contribution in [0.2, 0.25) is 5.02 Å². The molecule has 6 heteroatoms. The van der Waals surface area contributed by atoms with Gasteiger partial charge in [-0.05, 0) is 50.1 Å². The molecule has 0 heterocycles. The molecule has 0 bridgehead atoms. The number of rotatable bonds is 7. The van der Waals surface area contributed by atoms with Crippen LogP contribution in [0.4, 0.5) is 0 Å². The summed E-state index contributed by atoms with van der Waals surface area (Å²) in [5.74, 6) is -0.760. The number of benzene rings is 2. The van der Waals surface area contributed by atoms with Gasteiger partial charge >= 0.3 is 5.97 Å². The van der Waals surface area contributed by atoms with Crippen molar-refractivity contribution < 1.29 is 19.4 Å². The zero-order valence-corrected chi connectivity index (χ0v) is 14.8. The lowest BCUT2D eigenvalue weighted by atomic mass is 10.1. The maximum absolute atomic E-state index is 12.1. The van der Waals surface area contributed by atoms with Crippen LogP contribution in [-0.2, 0) is 11.2 Å². The molecule has 132 valence electrons. The van der Waals surface area contributed by atoms with Crippen molar-refractivity contribution in [3.8, 4) is 5.75 Å². The molecule has 0 aromatic heterocycles. The number of carbonyl (C=O) groups excluding carboxylic acids is 1. The monoisotopic (exact) mass is 361 g/mol. The van der Waals surface area contributed by atoms with Crippen LogP contribution >= 0.6 is 11.6 Å². The third-order valence-electron chi connectivity index (χ3n) is 3.63. The fourth-order valence-corrected chi connectivity index (χ4v) is 2.34. The number of carboxylic acid groups (broad SMARTS) is 1. The zero-order chi connectivity index (χ0) is 18.4. The van der Waals surface area contributed by atoms with Crippen LogP contribution in [0.3, 0.4) is 0 Å². The van der Waals surface area contributed by atoms with E-state index in [9.17, 15) is 9.59 Å². The summed E-state index contributed by atoms with van der Waals surface area (Å²) < 4.78 is 5.45. The van der Waals surface area contributed by atoms with Gasteiger partial charge in [-0.15, -0.1) is 0 Å². The Morgan fingerprint density at radius 2 is 1.76 bits per heavy atom. The van der Waals surface area contributed by atoms with Gasteiger partial charge in [0.25, 0.3) is 5.91 Å². The Morgan fingerprint density at radius 1 is 1.12 bits per heavy atom. The first-order valence-corrected chi connectivity index (χ1v) is 8.21. The van der Waals surface area contributed by atoms with Crippen LogP contribution in [0.1, 0.15) is 29.8 Å². The van der Waals surface area contributed by atoms with Gasteiger partial charge < -0.3 is 15.2 Å². The van der Waals surface area contributed by atoms with Gasteiger partial charge in [0.15, 0.2) is 5.60 Å². The van der Waals surface area contributed by atoms with E-state index >= 15 is 0 Å². The average molecular weight is 362 g/mol. The normalized spacial score (nSPS) is 11.0. The first-order chi connectivity index (χ1) is 11.8. The minimum absolute atomic E-state index is 0.214. The highest BCUT2D eigenvalue weighted by molar-refractivity contribution is 6.33. The van der Waals surface area contributed by atoms with Crippen LogP contribution in [-0.4, -0.2) is 29.1 Å². The Morgan fingerprint density at radius 3 is 2.36 bits per heavy atom. The van der Waals surface area contributed by atoms with E-state index in [0.29, 0.717) is 29.3 Å². The molecular weight excluding hydrogens is 342 g/mol. The van der Waals surface area contributed by atoms with Crippen LogP contribution in [0, 0.1) is 0 Å². The Bertz CT molecular complexity index is 756. The van der Waals surface area contributed by atoms with Crippen molar-refractivity contribution in [2.24, 2.45) is 0 Å². The van der Waals surface area contributed by atoms with Crippen molar-refractivity contribution in [2.75, 3.05) is 6.54 Å². The van der Waals surface area contributed by atoms with Gasteiger partial charge in [0, 0.05) is 6.54 Å². The summed E-state index contributed by atoms with van der Waals surface area (Å²) in [5, 5.41) is 12.3. The minimum Gasteiger partial charge on any atom is -0.478 e. The van der Waals surface area contributed by atoms with Gasteiger partial charge in [-0.25, -0.2) is 4.79 Å². The lowest BCUT2D eigenvalue weighted by Gasteiger charge is -2.21. The van der Waals surface area contributed by atoms with Gasteiger partial charge in [0.05, 0.1) is 10.6 Å². The molecule has 25 heavy (non-hydrogen) atoms. The second-order valence-corrected chi connectivity index (χ2v) is 6.45. The van der Waals surface area contributed by atoms with Crippen molar-refractivity contribution in [1.29, 1.82) is 0 Å². The summed E-state index contributed by atoms with van der Waals surface area (Å²) in [6.45, 7) is 3.45. The quantitative estimate of drug-likeness (QED) is 0.790. The van der Waals surface area contributed by atoms with Gasteiger partial charge in [-0.2, -0.15) is 0 Å². The summed E-state index contributed by atoms with van der Waals surface area (Å²) in [6, 6.07) is 14.0. The molecule has 0 saturated carbocycles. The number of hydrogen-bond acceptors (Lipinski definition) is 3. The zero-order valence-electron chi connectivity index (χ0n) is 14.1. The van der Waals surface area contributed by atoms with Gasteiger partial charge in [0.2, 0.25) is 0 Å². The van der Waals surface area contributed by atoms with Crippen LogP contribution in [0.25, 0.3) is 0 Å². The summed E-state index contributed by atoms with van der Waals surface area (Å²) in [5.41, 5.74) is 0.161. The smallest absolute Gasteiger partial charge is 0.347 e. The number of carboxylic acids is 1. The highest BCUT2D eigenvalue weighted by Crippen LogP contribution is 2.19. The third kappa shape index (κ3) is 5.22. The Kier molecular flexibility index (Phi) is 6.04. The second-order valence-electron chi connectivity index (χ2n) is 6.05. The van der Waals surface area contributed by atoms with Crippen LogP contribution < -0.4 is 10.1 Å². The van der Waals surface area contributed by atoms with Gasteiger partial charge in [-0.3, -0.25) is 4.79 Å². The highest BCUT2D eigenvalue weighted by Gasteiger charge is 2.29. The maximum atomic E-state index is 12.1. The predicted molar refractivity (Wildman–Crippen MR) is 96.3 cm³/mol. The molecule has 5 nitrogen and oxygen atoms in total. The van der Waals surface area contributed by atoms with Gasteiger partial charge in [0.1, 0.15) is 5.75 Å².